The van der Waals surface area contributed by atoms with Crippen LogP contribution in [0.2, 0.25) is 0 Å². The Morgan fingerprint density at radius 1 is 1.07 bits per heavy atom. The minimum Gasteiger partial charge on any atom is -0.496 e. The Morgan fingerprint density at radius 2 is 1.75 bits per heavy atom. The summed E-state index contributed by atoms with van der Waals surface area (Å²) in [4.78, 5) is 45.9. The van der Waals surface area contributed by atoms with E-state index in [4.69, 9.17) is 9.47 Å². The van der Waals surface area contributed by atoms with Crippen LogP contribution in [0, 0.1) is 10.1 Å². The molecule has 0 saturated carbocycles. The Hall–Kier alpha value is -3.95. The molecule has 0 radical (unpaired) electrons. The monoisotopic (exact) mass is 387 g/mol. The Bertz CT molecular complexity index is 898. The molecule has 0 aliphatic heterocycles. The third-order valence-electron chi connectivity index (χ3n) is 3.48. The number of carbonyl (C=O) groups is 3. The summed E-state index contributed by atoms with van der Waals surface area (Å²) in [6.07, 6.45) is 0. The fourth-order valence-corrected chi connectivity index (χ4v) is 2.20. The van der Waals surface area contributed by atoms with Gasteiger partial charge >= 0.3 is 5.97 Å². The molecule has 146 valence electrons. The number of ether oxygens (including phenoxy) is 2. The highest BCUT2D eigenvalue weighted by Gasteiger charge is 2.17. The number of anilines is 1. The molecular weight excluding hydrogens is 370 g/mol. The van der Waals surface area contributed by atoms with Crippen molar-refractivity contribution in [3.05, 3.63) is 64.2 Å². The second-order valence-electron chi connectivity index (χ2n) is 5.37. The lowest BCUT2D eigenvalue weighted by atomic mass is 10.2. The maximum absolute atomic E-state index is 12.1. The van der Waals surface area contributed by atoms with Gasteiger partial charge in [0.15, 0.2) is 6.61 Å². The second-order valence-corrected chi connectivity index (χ2v) is 5.37. The molecule has 0 atom stereocenters. The molecule has 0 bridgehead atoms. The largest absolute Gasteiger partial charge is 0.496 e. The van der Waals surface area contributed by atoms with Gasteiger partial charge in [-0.25, -0.2) is 0 Å². The number of para-hydroxylation sites is 3. The molecule has 28 heavy (non-hydrogen) atoms. The number of carbonyl (C=O) groups excluding carboxylic acids is 3. The molecule has 2 aromatic rings. The van der Waals surface area contributed by atoms with Crippen molar-refractivity contribution in [2.24, 2.45) is 0 Å². The molecule has 2 aromatic carbocycles. The van der Waals surface area contributed by atoms with Crippen molar-refractivity contribution >= 4 is 29.2 Å². The van der Waals surface area contributed by atoms with Gasteiger partial charge in [-0.2, -0.15) is 0 Å². The third-order valence-corrected chi connectivity index (χ3v) is 3.48. The van der Waals surface area contributed by atoms with Gasteiger partial charge < -0.3 is 20.1 Å². The van der Waals surface area contributed by atoms with Gasteiger partial charge in [0.1, 0.15) is 18.0 Å². The van der Waals surface area contributed by atoms with Gasteiger partial charge in [0.2, 0.25) is 0 Å². The van der Waals surface area contributed by atoms with Gasteiger partial charge in [-0.3, -0.25) is 24.5 Å². The standard InChI is InChI=1S/C18H17N3O7/c1-27-15-9-5-2-6-12(15)18(24)19-10-17(23)28-11-16(22)20-13-7-3-4-8-14(13)21(25)26/h2-9H,10-11H2,1H3,(H,19,24)(H,20,22). The molecule has 0 saturated heterocycles. The molecule has 0 aliphatic carbocycles. The second kappa shape index (κ2) is 9.67. The van der Waals surface area contributed by atoms with E-state index in [0.29, 0.717) is 5.75 Å². The predicted octanol–water partition coefficient (Wildman–Crippen LogP) is 1.52. The maximum atomic E-state index is 12.1. The fourth-order valence-electron chi connectivity index (χ4n) is 2.20. The van der Waals surface area contributed by atoms with Crippen molar-refractivity contribution in [3.8, 4) is 5.75 Å². The number of benzene rings is 2. The number of hydrogen-bond acceptors (Lipinski definition) is 7. The van der Waals surface area contributed by atoms with Crippen molar-refractivity contribution < 1.29 is 28.8 Å². The summed E-state index contributed by atoms with van der Waals surface area (Å²) in [5.41, 5.74) is -0.0591. The molecule has 10 heteroatoms. The van der Waals surface area contributed by atoms with E-state index < -0.39 is 35.9 Å². The zero-order chi connectivity index (χ0) is 20.5. The summed E-state index contributed by atoms with van der Waals surface area (Å²) < 4.78 is 9.81. The van der Waals surface area contributed by atoms with Crippen LogP contribution in [-0.2, 0) is 14.3 Å². The molecule has 10 nitrogen and oxygen atoms in total. The van der Waals surface area contributed by atoms with E-state index in [9.17, 15) is 24.5 Å². The summed E-state index contributed by atoms with van der Waals surface area (Å²) in [5, 5.41) is 15.5. The van der Waals surface area contributed by atoms with Crippen LogP contribution in [0.1, 0.15) is 10.4 Å². The molecule has 0 aromatic heterocycles. The number of amides is 2. The Morgan fingerprint density at radius 3 is 2.46 bits per heavy atom. The molecule has 2 rings (SSSR count). The van der Waals surface area contributed by atoms with Crippen molar-refractivity contribution in [2.45, 2.75) is 0 Å². The average Bonchev–Trinajstić information content (AvgIpc) is 2.70. The number of nitrogens with one attached hydrogen (secondary N) is 2. The maximum Gasteiger partial charge on any atom is 0.325 e. The first-order valence-corrected chi connectivity index (χ1v) is 8.02. The number of methoxy groups -OCH3 is 1. The van der Waals surface area contributed by atoms with E-state index in [0.717, 1.165) is 0 Å². The molecule has 2 N–H and O–H groups in total. The van der Waals surface area contributed by atoms with E-state index in [1.54, 1.807) is 18.2 Å². The lowest BCUT2D eigenvalue weighted by molar-refractivity contribution is -0.383. The zero-order valence-corrected chi connectivity index (χ0v) is 14.8. The zero-order valence-electron chi connectivity index (χ0n) is 14.8. The summed E-state index contributed by atoms with van der Waals surface area (Å²) >= 11 is 0. The van der Waals surface area contributed by atoms with Gasteiger partial charge in [0.25, 0.3) is 17.5 Å². The number of nitro groups is 1. The smallest absolute Gasteiger partial charge is 0.325 e. The van der Waals surface area contributed by atoms with Crippen LogP contribution in [0.5, 0.6) is 5.75 Å². The highest BCUT2D eigenvalue weighted by molar-refractivity contribution is 5.99. The molecule has 0 fully saturated rings. The predicted molar refractivity (Wildman–Crippen MR) is 98.0 cm³/mol. The minimum absolute atomic E-state index is 0.0157. The average molecular weight is 387 g/mol. The van der Waals surface area contributed by atoms with Crippen LogP contribution in [0.4, 0.5) is 11.4 Å². The quantitative estimate of drug-likeness (QED) is 0.398. The van der Waals surface area contributed by atoms with Crippen LogP contribution < -0.4 is 15.4 Å². The van der Waals surface area contributed by atoms with Gasteiger partial charge in [-0.05, 0) is 18.2 Å². The fraction of sp³-hybridized carbons (Fsp3) is 0.167. The number of nitrogens with zero attached hydrogens (tertiary/aromatic N) is 1. The summed E-state index contributed by atoms with van der Waals surface area (Å²) in [6, 6.07) is 12.0. The van der Waals surface area contributed by atoms with Gasteiger partial charge in [0, 0.05) is 6.07 Å². The highest BCUT2D eigenvalue weighted by atomic mass is 16.6. The minimum atomic E-state index is -0.846. The molecule has 0 heterocycles. The number of nitro benzene ring substituents is 1. The van der Waals surface area contributed by atoms with Gasteiger partial charge in [0.05, 0.1) is 17.6 Å². The van der Waals surface area contributed by atoms with E-state index in [1.165, 1.54) is 37.4 Å². The molecule has 0 unspecified atom stereocenters. The van der Waals surface area contributed by atoms with E-state index >= 15 is 0 Å². The summed E-state index contributed by atoms with van der Waals surface area (Å²) in [5.74, 6) is -1.80. The van der Waals surface area contributed by atoms with E-state index in [-0.39, 0.29) is 16.9 Å². The van der Waals surface area contributed by atoms with Crippen LogP contribution in [-0.4, -0.2) is 43.0 Å². The number of hydrogen-bond donors (Lipinski definition) is 2. The van der Waals surface area contributed by atoms with Gasteiger partial charge in [-0.15, -0.1) is 0 Å². The number of rotatable bonds is 8. The first kappa shape index (κ1) is 20.4. The summed E-state index contributed by atoms with van der Waals surface area (Å²) in [6.45, 7) is -1.12. The van der Waals surface area contributed by atoms with Crippen LogP contribution in [0.15, 0.2) is 48.5 Å². The van der Waals surface area contributed by atoms with Crippen molar-refractivity contribution in [2.75, 3.05) is 25.6 Å². The normalized spacial score (nSPS) is 9.89. The first-order chi connectivity index (χ1) is 13.4. The Labute approximate surface area is 159 Å². The van der Waals surface area contributed by atoms with E-state index in [1.807, 2.05) is 0 Å². The van der Waals surface area contributed by atoms with Crippen LogP contribution >= 0.6 is 0 Å². The van der Waals surface area contributed by atoms with Crippen molar-refractivity contribution in [1.82, 2.24) is 5.32 Å². The molecule has 0 spiro atoms. The molecular formula is C18H17N3O7. The highest BCUT2D eigenvalue weighted by Crippen LogP contribution is 2.22. The topological polar surface area (TPSA) is 137 Å². The molecule has 0 aliphatic rings. The Kier molecular flexibility index (Phi) is 7.03. The molecule has 2 amide bonds. The lowest BCUT2D eigenvalue weighted by Crippen LogP contribution is -2.32. The Balaban J connectivity index is 1.82. The van der Waals surface area contributed by atoms with Crippen LogP contribution in [0.25, 0.3) is 0 Å². The SMILES string of the molecule is COc1ccccc1C(=O)NCC(=O)OCC(=O)Nc1ccccc1[N+](=O)[O-]. The third kappa shape index (κ3) is 5.53. The van der Waals surface area contributed by atoms with E-state index in [2.05, 4.69) is 10.6 Å². The first-order valence-electron chi connectivity index (χ1n) is 8.02. The van der Waals surface area contributed by atoms with Crippen molar-refractivity contribution in [1.29, 1.82) is 0 Å². The van der Waals surface area contributed by atoms with Crippen molar-refractivity contribution in [3.63, 3.8) is 0 Å². The summed E-state index contributed by atoms with van der Waals surface area (Å²) in [7, 11) is 1.41. The lowest BCUT2D eigenvalue weighted by Gasteiger charge is -2.09. The number of esters is 1. The van der Waals surface area contributed by atoms with Crippen LogP contribution in [0.3, 0.4) is 0 Å². The van der Waals surface area contributed by atoms with Gasteiger partial charge in [-0.1, -0.05) is 24.3 Å².